The second kappa shape index (κ2) is 6.83. The van der Waals surface area contributed by atoms with Gasteiger partial charge in [-0.05, 0) is 26.8 Å². The number of carbonyl (C=O) groups excluding carboxylic acids is 2. The predicted molar refractivity (Wildman–Crippen MR) is 76.5 cm³/mol. The van der Waals surface area contributed by atoms with Gasteiger partial charge in [-0.15, -0.1) is 0 Å². The van der Waals surface area contributed by atoms with Crippen LogP contribution in [0.3, 0.4) is 0 Å². The topological polar surface area (TPSA) is 89.7 Å². The number of benzene rings is 1. The van der Waals surface area contributed by atoms with Crippen molar-refractivity contribution in [2.24, 2.45) is 0 Å². The molecule has 0 aliphatic rings. The molecule has 7 heteroatoms. The molecule has 1 amide bonds. The summed E-state index contributed by atoms with van der Waals surface area (Å²) in [6, 6.07) is 3.75. The van der Waals surface area contributed by atoms with E-state index in [1.165, 1.54) is 24.0 Å². The first kappa shape index (κ1) is 16.6. The number of amides is 1. The van der Waals surface area contributed by atoms with Crippen molar-refractivity contribution < 1.29 is 19.2 Å². The highest BCUT2D eigenvalue weighted by Gasteiger charge is 2.17. The van der Waals surface area contributed by atoms with Crippen LogP contribution in [-0.2, 0) is 4.79 Å². The second-order valence-corrected chi connectivity index (χ2v) is 4.88. The molecule has 0 bridgehead atoms. The fraction of sp³-hybridized carbons (Fsp3) is 0.429. The lowest BCUT2D eigenvalue weighted by atomic mass is 10.1. The summed E-state index contributed by atoms with van der Waals surface area (Å²) in [4.78, 5) is 35.0. The van der Waals surface area contributed by atoms with Crippen LogP contribution in [0.5, 0.6) is 5.75 Å². The highest BCUT2D eigenvalue weighted by atomic mass is 16.6. The average Bonchev–Trinajstić information content (AvgIpc) is 2.43. The van der Waals surface area contributed by atoms with Crippen LogP contribution in [0.25, 0.3) is 0 Å². The highest BCUT2D eigenvalue weighted by Crippen LogP contribution is 2.24. The smallest absolute Gasteiger partial charge is 0.270 e. The molecule has 0 N–H and O–H groups in total. The monoisotopic (exact) mass is 294 g/mol. The first-order valence-electron chi connectivity index (χ1n) is 6.42. The number of hydrogen-bond acceptors (Lipinski definition) is 5. The third-order valence-electron chi connectivity index (χ3n) is 3.07. The minimum Gasteiger partial charge on any atom is -0.483 e. The third-order valence-corrected chi connectivity index (χ3v) is 3.07. The van der Waals surface area contributed by atoms with Gasteiger partial charge in [-0.1, -0.05) is 0 Å². The van der Waals surface area contributed by atoms with Gasteiger partial charge < -0.3 is 9.64 Å². The van der Waals surface area contributed by atoms with E-state index >= 15 is 0 Å². The van der Waals surface area contributed by atoms with Gasteiger partial charge in [0.05, 0.1) is 10.5 Å². The van der Waals surface area contributed by atoms with E-state index in [1.54, 1.807) is 7.05 Å². The summed E-state index contributed by atoms with van der Waals surface area (Å²) >= 11 is 0. The van der Waals surface area contributed by atoms with Gasteiger partial charge in [0.25, 0.3) is 11.6 Å². The highest BCUT2D eigenvalue weighted by molar-refractivity contribution is 5.97. The molecule has 1 rings (SSSR count). The summed E-state index contributed by atoms with van der Waals surface area (Å²) in [5.41, 5.74) is -0.109. The van der Waals surface area contributed by atoms with Crippen LogP contribution < -0.4 is 4.74 Å². The number of rotatable bonds is 6. The fourth-order valence-corrected chi connectivity index (χ4v) is 1.56. The third kappa shape index (κ3) is 4.27. The number of carbonyl (C=O) groups is 2. The number of nitro groups is 1. The van der Waals surface area contributed by atoms with Crippen LogP contribution in [0.4, 0.5) is 5.69 Å². The first-order chi connectivity index (χ1) is 9.73. The average molecular weight is 294 g/mol. The lowest BCUT2D eigenvalue weighted by Crippen LogP contribution is -2.36. The number of ether oxygens (including phenoxy) is 1. The van der Waals surface area contributed by atoms with Crippen molar-refractivity contribution in [1.82, 2.24) is 4.90 Å². The second-order valence-electron chi connectivity index (χ2n) is 4.88. The molecular formula is C14H18N2O5. The van der Waals surface area contributed by atoms with Crippen molar-refractivity contribution in [3.63, 3.8) is 0 Å². The molecule has 0 spiro atoms. The number of nitro benzene ring substituents is 1. The number of nitrogens with zero attached hydrogens (tertiary/aromatic N) is 2. The summed E-state index contributed by atoms with van der Waals surface area (Å²) in [6.07, 6.45) is 0. The van der Waals surface area contributed by atoms with E-state index in [2.05, 4.69) is 0 Å². The molecule has 0 radical (unpaired) electrons. The molecule has 0 saturated heterocycles. The standard InChI is InChI=1S/C14H18N2O5/c1-9(2)15(4)14(18)8-21-13-6-5-11(16(19)20)7-12(13)10(3)17/h5-7,9H,8H2,1-4H3. The Morgan fingerprint density at radius 1 is 1.38 bits per heavy atom. The van der Waals surface area contributed by atoms with E-state index < -0.39 is 4.92 Å². The molecule has 1 aromatic rings. The molecule has 0 aromatic heterocycles. The largest absolute Gasteiger partial charge is 0.483 e. The van der Waals surface area contributed by atoms with E-state index in [0.717, 1.165) is 6.07 Å². The molecule has 1 aromatic carbocycles. The Balaban J connectivity index is 2.91. The Morgan fingerprint density at radius 2 is 2.00 bits per heavy atom. The lowest BCUT2D eigenvalue weighted by molar-refractivity contribution is -0.384. The van der Waals surface area contributed by atoms with Crippen molar-refractivity contribution >= 4 is 17.4 Å². The minimum absolute atomic E-state index is 0.0326. The van der Waals surface area contributed by atoms with Gasteiger partial charge in [0.15, 0.2) is 12.4 Å². The number of ketones is 1. The molecule has 114 valence electrons. The molecule has 0 saturated carbocycles. The Hall–Kier alpha value is -2.44. The molecule has 0 atom stereocenters. The van der Waals surface area contributed by atoms with E-state index in [4.69, 9.17) is 4.74 Å². The minimum atomic E-state index is -0.589. The van der Waals surface area contributed by atoms with Crippen molar-refractivity contribution in [3.8, 4) is 5.75 Å². The maximum Gasteiger partial charge on any atom is 0.270 e. The zero-order valence-corrected chi connectivity index (χ0v) is 12.5. The van der Waals surface area contributed by atoms with E-state index in [9.17, 15) is 19.7 Å². The van der Waals surface area contributed by atoms with Crippen molar-refractivity contribution in [3.05, 3.63) is 33.9 Å². The van der Waals surface area contributed by atoms with Gasteiger partial charge in [-0.3, -0.25) is 19.7 Å². The van der Waals surface area contributed by atoms with Gasteiger partial charge in [-0.25, -0.2) is 0 Å². The van der Waals surface area contributed by atoms with E-state index in [-0.39, 0.29) is 41.3 Å². The number of likely N-dealkylation sites (N-methyl/N-ethyl adjacent to an activating group) is 1. The van der Waals surface area contributed by atoms with Crippen molar-refractivity contribution in [1.29, 1.82) is 0 Å². The van der Waals surface area contributed by atoms with Crippen LogP contribution in [-0.4, -0.2) is 41.2 Å². The van der Waals surface area contributed by atoms with E-state index in [0.29, 0.717) is 0 Å². The number of hydrogen-bond donors (Lipinski definition) is 0. The summed E-state index contributed by atoms with van der Waals surface area (Å²) in [6.45, 7) is 4.79. The molecule has 7 nitrogen and oxygen atoms in total. The quantitative estimate of drug-likeness (QED) is 0.455. The summed E-state index contributed by atoms with van der Waals surface area (Å²) < 4.78 is 5.33. The van der Waals surface area contributed by atoms with Gasteiger partial charge in [0.1, 0.15) is 5.75 Å². The van der Waals surface area contributed by atoms with Gasteiger partial charge in [-0.2, -0.15) is 0 Å². The van der Waals surface area contributed by atoms with Crippen LogP contribution in [0, 0.1) is 10.1 Å². The normalized spacial score (nSPS) is 10.3. The first-order valence-corrected chi connectivity index (χ1v) is 6.42. The Bertz CT molecular complexity index is 568. The molecule has 0 aliphatic heterocycles. The van der Waals surface area contributed by atoms with Crippen LogP contribution >= 0.6 is 0 Å². The number of non-ortho nitro benzene ring substituents is 1. The van der Waals surface area contributed by atoms with Crippen molar-refractivity contribution in [2.75, 3.05) is 13.7 Å². The maximum absolute atomic E-state index is 11.8. The molecule has 0 aliphatic carbocycles. The van der Waals surface area contributed by atoms with Crippen LogP contribution in [0.1, 0.15) is 31.1 Å². The van der Waals surface area contributed by atoms with Gasteiger partial charge in [0, 0.05) is 25.2 Å². The Morgan fingerprint density at radius 3 is 2.48 bits per heavy atom. The Kier molecular flexibility index (Phi) is 5.40. The Labute approximate surface area is 122 Å². The van der Waals surface area contributed by atoms with Crippen LogP contribution in [0.15, 0.2) is 18.2 Å². The summed E-state index contributed by atoms with van der Waals surface area (Å²) in [5, 5.41) is 10.7. The maximum atomic E-state index is 11.8. The predicted octanol–water partition coefficient (Wildman–Crippen LogP) is 2.04. The number of Topliss-reactive ketones (excluding diaryl/α,β-unsaturated/α-hetero) is 1. The van der Waals surface area contributed by atoms with E-state index in [1.807, 2.05) is 13.8 Å². The molecule has 21 heavy (non-hydrogen) atoms. The van der Waals surface area contributed by atoms with Gasteiger partial charge in [0.2, 0.25) is 0 Å². The summed E-state index contributed by atoms with van der Waals surface area (Å²) in [5.74, 6) is -0.435. The lowest BCUT2D eigenvalue weighted by Gasteiger charge is -2.21. The van der Waals surface area contributed by atoms with Crippen molar-refractivity contribution in [2.45, 2.75) is 26.8 Å². The van der Waals surface area contributed by atoms with Crippen LogP contribution in [0.2, 0.25) is 0 Å². The SMILES string of the molecule is CC(=O)c1cc([N+](=O)[O-])ccc1OCC(=O)N(C)C(C)C. The zero-order chi connectivity index (χ0) is 16.2. The summed E-state index contributed by atoms with van der Waals surface area (Å²) in [7, 11) is 1.65. The van der Waals surface area contributed by atoms with Gasteiger partial charge >= 0.3 is 0 Å². The molecule has 0 fully saturated rings. The molecule has 0 heterocycles. The molecular weight excluding hydrogens is 276 g/mol. The zero-order valence-electron chi connectivity index (χ0n) is 12.5. The molecule has 0 unspecified atom stereocenters. The fourth-order valence-electron chi connectivity index (χ4n) is 1.56.